The number of carbonyl (C=O) groups is 1. The Labute approximate surface area is 106 Å². The molecule has 0 aliphatic carbocycles. The van der Waals surface area contributed by atoms with Crippen LogP contribution >= 0.6 is 11.6 Å². The number of anilines is 1. The predicted octanol–water partition coefficient (Wildman–Crippen LogP) is 2.08. The molecule has 0 heterocycles. The molecule has 0 aromatic heterocycles. The van der Waals surface area contributed by atoms with Crippen molar-refractivity contribution in [1.29, 1.82) is 0 Å². The summed E-state index contributed by atoms with van der Waals surface area (Å²) in [5.41, 5.74) is 0.933. The quantitative estimate of drug-likeness (QED) is 0.766. The molecule has 0 unspecified atom stereocenters. The summed E-state index contributed by atoms with van der Waals surface area (Å²) in [5.74, 6) is -0.956. The average Bonchev–Trinajstić information content (AvgIpc) is 2.29. The molecule has 0 amide bonds. The molecule has 2 N–H and O–H groups in total. The van der Waals surface area contributed by atoms with Gasteiger partial charge in [0, 0.05) is 18.6 Å². The molecule has 1 aromatic rings. The minimum Gasteiger partial charge on any atom is -0.478 e. The first-order valence-corrected chi connectivity index (χ1v) is 5.82. The maximum atomic E-state index is 11.1. The van der Waals surface area contributed by atoms with E-state index in [2.05, 4.69) is 5.32 Å². The maximum absolute atomic E-state index is 11.1. The summed E-state index contributed by atoms with van der Waals surface area (Å²) < 4.78 is 0. The Morgan fingerprint density at radius 3 is 2.82 bits per heavy atom. The third-order valence-corrected chi connectivity index (χ3v) is 2.76. The lowest BCUT2D eigenvalue weighted by atomic mass is 10.1. The number of nitrogens with one attached hydrogen (secondary N) is 1. The molecule has 0 saturated carbocycles. The molecule has 0 radical (unpaired) electrons. The van der Waals surface area contributed by atoms with E-state index < -0.39 is 5.97 Å². The van der Waals surface area contributed by atoms with Crippen molar-refractivity contribution >= 4 is 23.3 Å². The van der Waals surface area contributed by atoms with Gasteiger partial charge in [0.15, 0.2) is 0 Å². The van der Waals surface area contributed by atoms with Crippen molar-refractivity contribution < 1.29 is 9.90 Å². The van der Waals surface area contributed by atoms with Gasteiger partial charge in [-0.05, 0) is 38.2 Å². The molecule has 1 aromatic carbocycles. The number of carboxylic acids is 1. The van der Waals surface area contributed by atoms with E-state index >= 15 is 0 Å². The molecule has 0 saturated heterocycles. The summed E-state index contributed by atoms with van der Waals surface area (Å²) in [4.78, 5) is 13.0. The average molecular weight is 257 g/mol. The zero-order chi connectivity index (χ0) is 12.8. The van der Waals surface area contributed by atoms with Gasteiger partial charge in [0.1, 0.15) is 0 Å². The molecule has 5 heteroatoms. The summed E-state index contributed by atoms with van der Waals surface area (Å²) in [6.45, 7) is 1.70. The van der Waals surface area contributed by atoms with Gasteiger partial charge in [0.2, 0.25) is 0 Å². The van der Waals surface area contributed by atoms with Crippen molar-refractivity contribution in [2.24, 2.45) is 0 Å². The molecule has 0 aliphatic heterocycles. The predicted molar refractivity (Wildman–Crippen MR) is 70.2 cm³/mol. The number of hydrogen-bond donors (Lipinski definition) is 2. The molecular formula is C12H17ClN2O2. The highest BCUT2D eigenvalue weighted by molar-refractivity contribution is 6.31. The first kappa shape index (κ1) is 13.8. The van der Waals surface area contributed by atoms with Crippen LogP contribution in [0, 0.1) is 0 Å². The summed E-state index contributed by atoms with van der Waals surface area (Å²) in [5, 5.41) is 12.6. The lowest BCUT2D eigenvalue weighted by Crippen LogP contribution is -2.24. The van der Waals surface area contributed by atoms with Gasteiger partial charge in [-0.25, -0.2) is 4.79 Å². The van der Waals surface area contributed by atoms with E-state index in [1.165, 1.54) is 6.07 Å². The lowest BCUT2D eigenvalue weighted by molar-refractivity contribution is 0.0697. The monoisotopic (exact) mass is 256 g/mol. The zero-order valence-electron chi connectivity index (χ0n) is 10.0. The topological polar surface area (TPSA) is 52.6 Å². The zero-order valence-corrected chi connectivity index (χ0v) is 10.8. The molecule has 4 nitrogen and oxygen atoms in total. The van der Waals surface area contributed by atoms with Crippen molar-refractivity contribution in [1.82, 2.24) is 5.32 Å². The molecule has 0 atom stereocenters. The van der Waals surface area contributed by atoms with E-state index in [0.717, 1.165) is 19.5 Å². The van der Waals surface area contributed by atoms with E-state index in [4.69, 9.17) is 16.7 Å². The van der Waals surface area contributed by atoms with Crippen LogP contribution in [0.3, 0.4) is 0 Å². The Morgan fingerprint density at radius 1 is 1.53 bits per heavy atom. The van der Waals surface area contributed by atoms with Gasteiger partial charge in [0.25, 0.3) is 0 Å². The Kier molecular flexibility index (Phi) is 5.25. The fraction of sp³-hybridized carbons (Fsp3) is 0.417. The largest absolute Gasteiger partial charge is 0.478 e. The smallest absolute Gasteiger partial charge is 0.337 e. The van der Waals surface area contributed by atoms with Crippen LogP contribution in [0.2, 0.25) is 5.02 Å². The van der Waals surface area contributed by atoms with E-state index in [1.54, 1.807) is 12.1 Å². The molecule has 94 valence electrons. The Hall–Kier alpha value is -1.26. The van der Waals surface area contributed by atoms with Crippen LogP contribution in [-0.4, -0.2) is 38.3 Å². The second-order valence-electron chi connectivity index (χ2n) is 3.85. The van der Waals surface area contributed by atoms with Crippen LogP contribution in [0.4, 0.5) is 5.69 Å². The molecule has 0 aliphatic rings. The fourth-order valence-corrected chi connectivity index (χ4v) is 1.80. The van der Waals surface area contributed by atoms with Crippen molar-refractivity contribution in [3.05, 3.63) is 28.8 Å². The number of benzene rings is 1. The van der Waals surface area contributed by atoms with Crippen LogP contribution < -0.4 is 10.2 Å². The lowest BCUT2D eigenvalue weighted by Gasteiger charge is -2.21. The third kappa shape index (κ3) is 3.91. The first-order valence-electron chi connectivity index (χ1n) is 5.45. The first-order chi connectivity index (χ1) is 8.06. The minimum absolute atomic E-state index is 0.240. The van der Waals surface area contributed by atoms with Gasteiger partial charge >= 0.3 is 5.97 Å². The summed E-state index contributed by atoms with van der Waals surface area (Å²) >= 11 is 5.80. The third-order valence-electron chi connectivity index (χ3n) is 2.52. The highest BCUT2D eigenvalue weighted by Crippen LogP contribution is 2.23. The number of aromatic carboxylic acids is 1. The maximum Gasteiger partial charge on any atom is 0.337 e. The highest BCUT2D eigenvalue weighted by Gasteiger charge is 2.13. The second-order valence-corrected chi connectivity index (χ2v) is 4.28. The van der Waals surface area contributed by atoms with Crippen LogP contribution in [-0.2, 0) is 0 Å². The highest BCUT2D eigenvalue weighted by atomic mass is 35.5. The molecular weight excluding hydrogens is 240 g/mol. The number of rotatable bonds is 6. The number of carboxylic acid groups (broad SMARTS) is 1. The number of halogens is 1. The van der Waals surface area contributed by atoms with Crippen LogP contribution in [0.5, 0.6) is 0 Å². The minimum atomic E-state index is -0.956. The summed E-state index contributed by atoms with van der Waals surface area (Å²) in [6, 6.07) is 4.93. The molecule has 17 heavy (non-hydrogen) atoms. The van der Waals surface area contributed by atoms with E-state index in [9.17, 15) is 4.79 Å². The van der Waals surface area contributed by atoms with Crippen molar-refractivity contribution in [2.45, 2.75) is 6.42 Å². The van der Waals surface area contributed by atoms with Gasteiger partial charge in [-0.3, -0.25) is 0 Å². The van der Waals surface area contributed by atoms with Crippen LogP contribution in [0.25, 0.3) is 0 Å². The SMILES string of the molecule is CNCCCN(C)c1ccc(Cl)cc1C(=O)O. The standard InChI is InChI=1S/C12H17ClN2O2/c1-14-6-3-7-15(2)11-5-4-9(13)8-10(11)12(16)17/h4-5,8,14H,3,6-7H2,1-2H3,(H,16,17). The van der Waals surface area contributed by atoms with Gasteiger partial charge in [-0.1, -0.05) is 11.6 Å². The van der Waals surface area contributed by atoms with Crippen LogP contribution in [0.15, 0.2) is 18.2 Å². The Balaban J connectivity index is 2.84. The van der Waals surface area contributed by atoms with Crippen LogP contribution in [0.1, 0.15) is 16.8 Å². The molecule has 1 rings (SSSR count). The van der Waals surface area contributed by atoms with Gasteiger partial charge in [0.05, 0.1) is 11.3 Å². The van der Waals surface area contributed by atoms with E-state index in [-0.39, 0.29) is 5.56 Å². The van der Waals surface area contributed by atoms with E-state index in [1.807, 2.05) is 19.0 Å². The van der Waals surface area contributed by atoms with Gasteiger partial charge in [-0.2, -0.15) is 0 Å². The second kappa shape index (κ2) is 6.47. The van der Waals surface area contributed by atoms with Crippen molar-refractivity contribution in [3.8, 4) is 0 Å². The molecule has 0 fully saturated rings. The van der Waals surface area contributed by atoms with Crippen molar-refractivity contribution in [2.75, 3.05) is 32.1 Å². The van der Waals surface area contributed by atoms with Gasteiger partial charge in [-0.15, -0.1) is 0 Å². The Morgan fingerprint density at radius 2 is 2.24 bits per heavy atom. The number of hydrogen-bond acceptors (Lipinski definition) is 3. The van der Waals surface area contributed by atoms with Crippen molar-refractivity contribution in [3.63, 3.8) is 0 Å². The summed E-state index contributed by atoms with van der Waals surface area (Å²) in [7, 11) is 3.77. The summed E-state index contributed by atoms with van der Waals surface area (Å²) in [6.07, 6.45) is 0.953. The van der Waals surface area contributed by atoms with E-state index in [0.29, 0.717) is 10.7 Å². The molecule has 0 bridgehead atoms. The fourth-order valence-electron chi connectivity index (χ4n) is 1.63. The number of nitrogens with zero attached hydrogens (tertiary/aromatic N) is 1. The Bertz CT molecular complexity index is 396. The normalized spacial score (nSPS) is 10.3. The molecule has 0 spiro atoms. The van der Waals surface area contributed by atoms with Gasteiger partial charge < -0.3 is 15.3 Å².